The van der Waals surface area contributed by atoms with Gasteiger partial charge in [-0.25, -0.2) is 9.97 Å². The SMILES string of the molecule is ClCCc1nnc(-c2ncncc2Br)s1. The van der Waals surface area contributed by atoms with E-state index in [1.807, 2.05) is 0 Å². The van der Waals surface area contributed by atoms with Crippen molar-refractivity contribution in [3.8, 4) is 10.7 Å². The number of hydrogen-bond acceptors (Lipinski definition) is 5. The lowest BCUT2D eigenvalue weighted by atomic mass is 10.4. The van der Waals surface area contributed by atoms with E-state index in [-0.39, 0.29) is 0 Å². The molecule has 0 aliphatic heterocycles. The zero-order valence-corrected chi connectivity index (χ0v) is 10.7. The molecular weight excluding hydrogens is 300 g/mol. The molecule has 0 atom stereocenters. The second-order valence-corrected chi connectivity index (χ2v) is 4.95. The molecule has 78 valence electrons. The van der Waals surface area contributed by atoms with Gasteiger partial charge in [0, 0.05) is 18.5 Å². The lowest BCUT2D eigenvalue weighted by Gasteiger charge is -1.95. The fourth-order valence-corrected chi connectivity index (χ4v) is 2.68. The maximum Gasteiger partial charge on any atom is 0.167 e. The van der Waals surface area contributed by atoms with Crippen molar-refractivity contribution in [3.63, 3.8) is 0 Å². The molecule has 2 heterocycles. The Morgan fingerprint density at radius 2 is 2.27 bits per heavy atom. The third kappa shape index (κ3) is 2.50. The molecule has 2 aromatic heterocycles. The standard InChI is InChI=1S/C8H6BrClN4S/c9-5-3-11-4-12-7(5)8-14-13-6(15-8)1-2-10/h3-4H,1-2H2. The van der Waals surface area contributed by atoms with Crippen molar-refractivity contribution in [1.82, 2.24) is 20.2 Å². The van der Waals surface area contributed by atoms with Crippen LogP contribution in [0.1, 0.15) is 5.01 Å². The minimum atomic E-state index is 0.555. The van der Waals surface area contributed by atoms with E-state index in [1.54, 1.807) is 6.20 Å². The highest BCUT2D eigenvalue weighted by Gasteiger charge is 2.10. The third-order valence-corrected chi connectivity index (χ3v) is 3.40. The Balaban J connectivity index is 2.33. The fraction of sp³-hybridized carbons (Fsp3) is 0.250. The minimum absolute atomic E-state index is 0.555. The Morgan fingerprint density at radius 3 is 3.00 bits per heavy atom. The smallest absolute Gasteiger partial charge is 0.167 e. The molecule has 4 nitrogen and oxygen atoms in total. The van der Waals surface area contributed by atoms with E-state index in [2.05, 4.69) is 36.1 Å². The van der Waals surface area contributed by atoms with Crippen molar-refractivity contribution in [2.24, 2.45) is 0 Å². The first-order valence-corrected chi connectivity index (χ1v) is 6.30. The summed E-state index contributed by atoms with van der Waals surface area (Å²) in [5, 5.41) is 9.79. The van der Waals surface area contributed by atoms with E-state index in [9.17, 15) is 0 Å². The lowest BCUT2D eigenvalue weighted by Crippen LogP contribution is -1.85. The van der Waals surface area contributed by atoms with Gasteiger partial charge >= 0.3 is 0 Å². The second-order valence-electron chi connectivity index (χ2n) is 2.66. The van der Waals surface area contributed by atoms with Gasteiger partial charge < -0.3 is 0 Å². The number of aromatic nitrogens is 4. The van der Waals surface area contributed by atoms with Crippen LogP contribution in [0.4, 0.5) is 0 Å². The molecule has 0 unspecified atom stereocenters. The van der Waals surface area contributed by atoms with Gasteiger partial charge in [-0.15, -0.1) is 21.8 Å². The third-order valence-electron chi connectivity index (χ3n) is 1.65. The Hall–Kier alpha value is -0.590. The number of nitrogens with zero attached hydrogens (tertiary/aromatic N) is 4. The van der Waals surface area contributed by atoms with Crippen molar-refractivity contribution < 1.29 is 0 Å². The largest absolute Gasteiger partial charge is 0.244 e. The van der Waals surface area contributed by atoms with E-state index < -0.39 is 0 Å². The summed E-state index contributed by atoms with van der Waals surface area (Å²) in [6, 6.07) is 0. The maximum absolute atomic E-state index is 5.63. The molecule has 0 N–H and O–H groups in total. The molecule has 0 aliphatic rings. The molecule has 7 heteroatoms. The van der Waals surface area contributed by atoms with Crippen LogP contribution < -0.4 is 0 Å². The predicted octanol–water partition coefficient (Wildman–Crippen LogP) is 2.54. The van der Waals surface area contributed by atoms with Crippen molar-refractivity contribution in [1.29, 1.82) is 0 Å². The molecule has 0 fully saturated rings. The first-order chi connectivity index (χ1) is 7.31. The zero-order chi connectivity index (χ0) is 10.7. The first kappa shape index (κ1) is 10.9. The lowest BCUT2D eigenvalue weighted by molar-refractivity contribution is 0.985. The second kappa shape index (κ2) is 4.96. The van der Waals surface area contributed by atoms with Crippen LogP contribution in [0.5, 0.6) is 0 Å². The molecule has 2 aromatic rings. The van der Waals surface area contributed by atoms with E-state index in [0.29, 0.717) is 5.88 Å². The molecule has 0 bridgehead atoms. The van der Waals surface area contributed by atoms with Crippen LogP contribution in [0.15, 0.2) is 17.0 Å². The molecule has 15 heavy (non-hydrogen) atoms. The van der Waals surface area contributed by atoms with Crippen LogP contribution in [0.2, 0.25) is 0 Å². The van der Waals surface area contributed by atoms with Crippen molar-refractivity contribution in [3.05, 3.63) is 22.0 Å². The highest BCUT2D eigenvalue weighted by molar-refractivity contribution is 9.10. The van der Waals surface area contributed by atoms with Gasteiger partial charge in [0.25, 0.3) is 0 Å². The van der Waals surface area contributed by atoms with Crippen molar-refractivity contribution in [2.75, 3.05) is 5.88 Å². The van der Waals surface area contributed by atoms with Crippen LogP contribution in [-0.2, 0) is 6.42 Å². The fourth-order valence-electron chi connectivity index (χ4n) is 1.00. The van der Waals surface area contributed by atoms with E-state index in [4.69, 9.17) is 11.6 Å². The summed E-state index contributed by atoms with van der Waals surface area (Å²) < 4.78 is 0.818. The van der Waals surface area contributed by atoms with E-state index >= 15 is 0 Å². The Bertz CT molecular complexity index is 461. The van der Waals surface area contributed by atoms with Gasteiger partial charge in [-0.1, -0.05) is 11.3 Å². The van der Waals surface area contributed by atoms with Crippen LogP contribution in [0.3, 0.4) is 0 Å². The predicted molar refractivity (Wildman–Crippen MR) is 63.1 cm³/mol. The average Bonchev–Trinajstić information content (AvgIpc) is 2.68. The summed E-state index contributed by atoms with van der Waals surface area (Å²) in [5.41, 5.74) is 0.767. The molecule has 0 aliphatic carbocycles. The number of aryl methyl sites for hydroxylation is 1. The molecule has 0 saturated carbocycles. The molecule has 0 saturated heterocycles. The number of halogens is 2. The minimum Gasteiger partial charge on any atom is -0.244 e. The summed E-state index contributed by atoms with van der Waals surface area (Å²) in [5.74, 6) is 0.555. The Kier molecular flexibility index (Phi) is 3.61. The van der Waals surface area contributed by atoms with Gasteiger partial charge in [0.1, 0.15) is 17.0 Å². The highest BCUT2D eigenvalue weighted by atomic mass is 79.9. The van der Waals surface area contributed by atoms with Gasteiger partial charge in [-0.05, 0) is 15.9 Å². The van der Waals surface area contributed by atoms with Gasteiger partial charge in [0.05, 0.1) is 4.47 Å². The van der Waals surface area contributed by atoms with Crippen molar-refractivity contribution >= 4 is 38.9 Å². The molecule has 0 aromatic carbocycles. The van der Waals surface area contributed by atoms with Gasteiger partial charge in [0.15, 0.2) is 5.01 Å². The van der Waals surface area contributed by atoms with Gasteiger partial charge in [-0.2, -0.15) is 0 Å². The quantitative estimate of drug-likeness (QED) is 0.818. The van der Waals surface area contributed by atoms with Crippen LogP contribution in [-0.4, -0.2) is 26.0 Å². The topological polar surface area (TPSA) is 51.6 Å². The molecule has 0 spiro atoms. The summed E-state index contributed by atoms with van der Waals surface area (Å²) >= 11 is 10.5. The van der Waals surface area contributed by atoms with Gasteiger partial charge in [0.2, 0.25) is 0 Å². The monoisotopic (exact) mass is 304 g/mol. The van der Waals surface area contributed by atoms with Gasteiger partial charge in [-0.3, -0.25) is 0 Å². The summed E-state index contributed by atoms with van der Waals surface area (Å²) in [7, 11) is 0. The summed E-state index contributed by atoms with van der Waals surface area (Å²) in [6.45, 7) is 0. The molecule has 0 amide bonds. The first-order valence-electron chi connectivity index (χ1n) is 4.15. The Labute approximate surface area is 104 Å². The molecular formula is C8H6BrClN4S. The number of rotatable bonds is 3. The van der Waals surface area contributed by atoms with Crippen LogP contribution >= 0.6 is 38.9 Å². The molecule has 2 rings (SSSR count). The maximum atomic E-state index is 5.63. The highest BCUT2D eigenvalue weighted by Crippen LogP contribution is 2.27. The number of alkyl halides is 1. The van der Waals surface area contributed by atoms with Crippen LogP contribution in [0.25, 0.3) is 10.7 Å². The zero-order valence-electron chi connectivity index (χ0n) is 7.52. The van der Waals surface area contributed by atoms with Crippen LogP contribution in [0, 0.1) is 0 Å². The number of hydrogen-bond donors (Lipinski definition) is 0. The van der Waals surface area contributed by atoms with E-state index in [0.717, 1.165) is 26.6 Å². The molecule has 0 radical (unpaired) electrons. The summed E-state index contributed by atoms with van der Waals surface area (Å²) in [4.78, 5) is 8.03. The van der Waals surface area contributed by atoms with Crippen molar-refractivity contribution in [2.45, 2.75) is 6.42 Å². The Morgan fingerprint density at radius 1 is 1.40 bits per heavy atom. The summed E-state index contributed by atoms with van der Waals surface area (Å²) in [6.07, 6.45) is 3.91. The average molecular weight is 306 g/mol. The van der Waals surface area contributed by atoms with E-state index in [1.165, 1.54) is 17.7 Å². The normalized spacial score (nSPS) is 10.5.